The first kappa shape index (κ1) is 23.1. The Morgan fingerprint density at radius 2 is 1.97 bits per heavy atom. The van der Waals surface area contributed by atoms with E-state index in [4.69, 9.17) is 4.74 Å². The number of rotatable bonds is 8. The quantitative estimate of drug-likeness (QED) is 0.606. The van der Waals surface area contributed by atoms with Crippen LogP contribution >= 0.6 is 0 Å². The van der Waals surface area contributed by atoms with Gasteiger partial charge in [-0.05, 0) is 43.8 Å². The molecule has 1 aromatic rings. The Kier molecular flexibility index (Phi) is 6.89. The van der Waals surface area contributed by atoms with Gasteiger partial charge < -0.3 is 19.6 Å². The Hall–Kier alpha value is -3.05. The molecule has 8 nitrogen and oxygen atoms in total. The van der Waals surface area contributed by atoms with Gasteiger partial charge in [0.05, 0.1) is 18.0 Å². The minimum Gasteiger partial charge on any atom is -0.465 e. The Morgan fingerprint density at radius 1 is 1.27 bits per heavy atom. The summed E-state index contributed by atoms with van der Waals surface area (Å²) in [7, 11) is 0. The summed E-state index contributed by atoms with van der Waals surface area (Å²) in [5.74, 6) is 0.697. The van der Waals surface area contributed by atoms with Crippen LogP contribution in [-0.4, -0.2) is 82.9 Å². The molecule has 1 aliphatic carbocycles. The maximum atomic E-state index is 12.8. The van der Waals surface area contributed by atoms with E-state index in [2.05, 4.69) is 29.7 Å². The van der Waals surface area contributed by atoms with Crippen molar-refractivity contribution in [2.75, 3.05) is 39.3 Å². The van der Waals surface area contributed by atoms with Crippen molar-refractivity contribution in [2.45, 2.75) is 43.2 Å². The number of carbonyl (C=O) groups excluding carboxylic acids is 1. The van der Waals surface area contributed by atoms with E-state index in [0.717, 1.165) is 32.4 Å². The minimum absolute atomic E-state index is 0.156. The van der Waals surface area contributed by atoms with Crippen LogP contribution in [0.1, 0.15) is 37.2 Å². The second-order valence-corrected chi connectivity index (χ2v) is 9.47. The lowest BCUT2D eigenvalue weighted by atomic mass is 9.82. The molecule has 33 heavy (non-hydrogen) atoms. The van der Waals surface area contributed by atoms with E-state index >= 15 is 0 Å². The van der Waals surface area contributed by atoms with Crippen LogP contribution in [0.3, 0.4) is 0 Å². The van der Waals surface area contributed by atoms with Gasteiger partial charge in [0, 0.05) is 31.6 Å². The van der Waals surface area contributed by atoms with Crippen LogP contribution in [0, 0.1) is 17.2 Å². The summed E-state index contributed by atoms with van der Waals surface area (Å²) in [4.78, 5) is 29.6. The maximum Gasteiger partial charge on any atom is 0.410 e. The van der Waals surface area contributed by atoms with Gasteiger partial charge in [0.25, 0.3) is 0 Å². The Labute approximate surface area is 195 Å². The van der Waals surface area contributed by atoms with E-state index in [-0.39, 0.29) is 24.3 Å². The van der Waals surface area contributed by atoms with E-state index in [1.165, 1.54) is 10.5 Å². The minimum atomic E-state index is -0.926. The molecule has 1 N–H and O–H groups in total. The number of amides is 2. The predicted octanol–water partition coefficient (Wildman–Crippen LogP) is 3.53. The van der Waals surface area contributed by atoms with Crippen molar-refractivity contribution in [3.05, 3.63) is 48.6 Å². The van der Waals surface area contributed by atoms with Crippen LogP contribution in [0.2, 0.25) is 0 Å². The van der Waals surface area contributed by atoms with Gasteiger partial charge >= 0.3 is 12.2 Å². The summed E-state index contributed by atoms with van der Waals surface area (Å²) in [5.41, 5.74) is 0.889. The van der Waals surface area contributed by atoms with Crippen molar-refractivity contribution < 1.29 is 19.4 Å². The molecule has 0 unspecified atom stereocenters. The standard InChI is InChI=1S/C25H32N4O4/c1-2-14-33-24(32)29(22-15-21(22)20-6-4-3-5-7-20)16-19-8-12-28(13-9-19)25(10-11-26)17-27(18-25)23(30)31/h2-7,19,21-22H,1,8-10,12-18H2,(H,30,31)/t21-,22+/m0/s1. The van der Waals surface area contributed by atoms with Gasteiger partial charge in [-0.3, -0.25) is 4.90 Å². The molecule has 3 fully saturated rings. The highest BCUT2D eigenvalue weighted by atomic mass is 16.6. The number of benzene rings is 1. The third-order valence-electron chi connectivity index (χ3n) is 7.33. The number of hydrogen-bond acceptors (Lipinski definition) is 5. The molecule has 4 rings (SSSR count). The lowest BCUT2D eigenvalue weighted by Gasteiger charge is -2.55. The van der Waals surface area contributed by atoms with Gasteiger partial charge in [-0.1, -0.05) is 43.0 Å². The lowest BCUT2D eigenvalue weighted by Crippen LogP contribution is -2.71. The molecule has 0 bridgehead atoms. The fourth-order valence-corrected chi connectivity index (χ4v) is 5.38. The molecule has 1 aromatic carbocycles. The zero-order valence-electron chi connectivity index (χ0n) is 18.9. The maximum absolute atomic E-state index is 12.8. The SMILES string of the molecule is C=CCOC(=O)N(CC1CCN(C2(CC#N)CN(C(=O)O)C2)CC1)[C@@H]1C[C@H]1c1ccccc1. The summed E-state index contributed by atoms with van der Waals surface area (Å²) in [5, 5.41) is 18.5. The van der Waals surface area contributed by atoms with E-state index in [0.29, 0.717) is 37.9 Å². The first-order valence-electron chi connectivity index (χ1n) is 11.7. The van der Waals surface area contributed by atoms with Crippen LogP contribution in [0.15, 0.2) is 43.0 Å². The molecule has 0 aromatic heterocycles. The number of piperidine rings is 1. The lowest BCUT2D eigenvalue weighted by molar-refractivity contribution is -0.0561. The average molecular weight is 453 g/mol. The van der Waals surface area contributed by atoms with Gasteiger partial charge in [0.2, 0.25) is 0 Å². The molecule has 8 heteroatoms. The summed E-state index contributed by atoms with van der Waals surface area (Å²) in [6.45, 7) is 6.90. The fraction of sp³-hybridized carbons (Fsp3) is 0.560. The van der Waals surface area contributed by atoms with E-state index in [1.54, 1.807) is 6.08 Å². The van der Waals surface area contributed by atoms with E-state index in [1.807, 2.05) is 23.1 Å². The highest BCUT2D eigenvalue weighted by Gasteiger charge is 2.51. The van der Waals surface area contributed by atoms with E-state index < -0.39 is 6.09 Å². The average Bonchev–Trinajstić information content (AvgIpc) is 3.59. The summed E-state index contributed by atoms with van der Waals surface area (Å²) in [6.07, 6.45) is 3.49. The van der Waals surface area contributed by atoms with Crippen LogP contribution in [0.25, 0.3) is 0 Å². The smallest absolute Gasteiger partial charge is 0.410 e. The van der Waals surface area contributed by atoms with Gasteiger partial charge in [-0.2, -0.15) is 5.26 Å². The molecule has 176 valence electrons. The Balaban J connectivity index is 1.36. The van der Waals surface area contributed by atoms with Crippen LogP contribution in [-0.2, 0) is 4.74 Å². The zero-order chi connectivity index (χ0) is 23.4. The number of hydrogen-bond donors (Lipinski definition) is 1. The highest BCUT2D eigenvalue weighted by molar-refractivity contribution is 5.69. The molecule has 2 atom stereocenters. The second-order valence-electron chi connectivity index (χ2n) is 9.47. The molecular weight excluding hydrogens is 420 g/mol. The number of carboxylic acid groups (broad SMARTS) is 1. The van der Waals surface area contributed by atoms with E-state index in [9.17, 15) is 20.0 Å². The number of carbonyl (C=O) groups is 2. The molecule has 2 amide bonds. The monoisotopic (exact) mass is 452 g/mol. The molecule has 0 spiro atoms. The topological polar surface area (TPSA) is 97.1 Å². The third kappa shape index (κ3) is 4.98. The second kappa shape index (κ2) is 9.84. The zero-order valence-corrected chi connectivity index (χ0v) is 18.9. The Bertz CT molecular complexity index is 901. The number of likely N-dealkylation sites (tertiary alicyclic amines) is 2. The highest BCUT2D eigenvalue weighted by Crippen LogP contribution is 2.45. The van der Waals surface area contributed by atoms with Crippen molar-refractivity contribution in [2.24, 2.45) is 5.92 Å². The molecule has 2 heterocycles. The van der Waals surface area contributed by atoms with Crippen LogP contribution < -0.4 is 0 Å². The molecule has 3 aliphatic rings. The normalized spacial score (nSPS) is 24.3. The summed E-state index contributed by atoms with van der Waals surface area (Å²) in [6, 6.07) is 12.7. The molecule has 2 saturated heterocycles. The number of ether oxygens (including phenoxy) is 1. The van der Waals surface area contributed by atoms with Gasteiger partial charge in [-0.15, -0.1) is 0 Å². The first-order chi connectivity index (χ1) is 16.0. The van der Waals surface area contributed by atoms with Crippen molar-refractivity contribution in [1.82, 2.24) is 14.7 Å². The summed E-state index contributed by atoms with van der Waals surface area (Å²) < 4.78 is 5.41. The molecule has 0 radical (unpaired) electrons. The Morgan fingerprint density at radius 3 is 2.58 bits per heavy atom. The van der Waals surface area contributed by atoms with Gasteiger partial charge in [-0.25, -0.2) is 9.59 Å². The van der Waals surface area contributed by atoms with Crippen molar-refractivity contribution in [1.29, 1.82) is 5.26 Å². The predicted molar refractivity (Wildman–Crippen MR) is 123 cm³/mol. The number of nitriles is 1. The number of nitrogens with zero attached hydrogens (tertiary/aromatic N) is 4. The first-order valence-corrected chi connectivity index (χ1v) is 11.7. The fourth-order valence-electron chi connectivity index (χ4n) is 5.38. The van der Waals surface area contributed by atoms with Crippen LogP contribution in [0.5, 0.6) is 0 Å². The van der Waals surface area contributed by atoms with Crippen molar-refractivity contribution in [3.63, 3.8) is 0 Å². The molecule has 1 saturated carbocycles. The van der Waals surface area contributed by atoms with Gasteiger partial charge in [0.1, 0.15) is 6.61 Å². The summed E-state index contributed by atoms with van der Waals surface area (Å²) >= 11 is 0. The van der Waals surface area contributed by atoms with Crippen molar-refractivity contribution in [3.8, 4) is 6.07 Å². The molecular formula is C25H32N4O4. The molecule has 2 aliphatic heterocycles. The largest absolute Gasteiger partial charge is 0.465 e. The van der Waals surface area contributed by atoms with Crippen molar-refractivity contribution >= 4 is 12.2 Å². The van der Waals surface area contributed by atoms with Crippen LogP contribution in [0.4, 0.5) is 9.59 Å². The van der Waals surface area contributed by atoms with Gasteiger partial charge in [0.15, 0.2) is 0 Å². The third-order valence-corrected chi connectivity index (χ3v) is 7.33.